The molecule has 0 spiro atoms. The van der Waals surface area contributed by atoms with Gasteiger partial charge in [0.15, 0.2) is 0 Å². The second-order valence-corrected chi connectivity index (χ2v) is 8.11. The van der Waals surface area contributed by atoms with Crippen molar-refractivity contribution < 1.29 is 4.79 Å². The first-order valence-corrected chi connectivity index (χ1v) is 10.1. The summed E-state index contributed by atoms with van der Waals surface area (Å²) in [5, 5.41) is 16.5. The van der Waals surface area contributed by atoms with Gasteiger partial charge in [-0.25, -0.2) is 0 Å². The Hall–Kier alpha value is -2.35. The Morgan fingerprint density at radius 3 is 2.57 bits per heavy atom. The molecule has 0 saturated carbocycles. The molecule has 2 N–H and O–H groups in total. The van der Waals surface area contributed by atoms with E-state index in [1.54, 1.807) is 6.07 Å². The van der Waals surface area contributed by atoms with Crippen molar-refractivity contribution in [1.82, 2.24) is 10.6 Å². The van der Waals surface area contributed by atoms with Crippen LogP contribution in [0.2, 0.25) is 5.02 Å². The Kier molecular flexibility index (Phi) is 6.39. The van der Waals surface area contributed by atoms with Crippen LogP contribution in [0.3, 0.4) is 0 Å². The summed E-state index contributed by atoms with van der Waals surface area (Å²) in [7, 11) is 0. The van der Waals surface area contributed by atoms with Crippen LogP contribution in [0.15, 0.2) is 48.5 Å². The minimum Gasteiger partial charge on any atom is -0.352 e. The average Bonchev–Trinajstić information content (AvgIpc) is 2.67. The van der Waals surface area contributed by atoms with Crippen LogP contribution in [-0.2, 0) is 11.2 Å². The molecule has 2 aromatic carbocycles. The summed E-state index contributed by atoms with van der Waals surface area (Å²) in [5.41, 5.74) is 2.53. The predicted octanol–water partition coefficient (Wildman–Crippen LogP) is 4.04. The Morgan fingerprint density at radius 2 is 2.00 bits per heavy atom. The lowest BCUT2D eigenvalue weighted by atomic mass is 9.77. The van der Waals surface area contributed by atoms with Crippen LogP contribution in [0.1, 0.15) is 42.9 Å². The third-order valence-electron chi connectivity index (χ3n) is 5.86. The SMILES string of the molecule is CCC1(C(=O)NC(C)[C@@H](Cc2ccc(Cl)cc2)c2cccc(C#N)c2)CNC1. The fourth-order valence-corrected chi connectivity index (χ4v) is 3.88. The lowest BCUT2D eigenvalue weighted by Crippen LogP contribution is -2.62. The first kappa shape index (κ1) is 20.4. The molecule has 1 heterocycles. The minimum absolute atomic E-state index is 0.0559. The molecule has 1 amide bonds. The minimum atomic E-state index is -0.298. The molecule has 2 atom stereocenters. The molecule has 5 heteroatoms. The second kappa shape index (κ2) is 8.77. The Balaban J connectivity index is 1.85. The number of benzene rings is 2. The topological polar surface area (TPSA) is 64.9 Å². The number of hydrogen-bond acceptors (Lipinski definition) is 3. The van der Waals surface area contributed by atoms with E-state index in [2.05, 4.69) is 23.6 Å². The molecule has 1 unspecified atom stereocenters. The first-order valence-electron chi connectivity index (χ1n) is 9.73. The fraction of sp³-hybridized carbons (Fsp3) is 0.391. The third-order valence-corrected chi connectivity index (χ3v) is 6.11. The summed E-state index contributed by atoms with van der Waals surface area (Å²) in [4.78, 5) is 12.9. The molecule has 0 aliphatic carbocycles. The van der Waals surface area contributed by atoms with Crippen molar-refractivity contribution >= 4 is 17.5 Å². The highest BCUT2D eigenvalue weighted by molar-refractivity contribution is 6.30. The molecule has 28 heavy (non-hydrogen) atoms. The summed E-state index contributed by atoms with van der Waals surface area (Å²) in [6, 6.07) is 17.6. The van der Waals surface area contributed by atoms with Gasteiger partial charge in [0.2, 0.25) is 5.91 Å². The molecule has 4 nitrogen and oxygen atoms in total. The van der Waals surface area contributed by atoms with Crippen molar-refractivity contribution in [2.75, 3.05) is 13.1 Å². The average molecular weight is 396 g/mol. The molecule has 2 aromatic rings. The standard InChI is InChI=1S/C23H26ClN3O/c1-3-23(14-26-15-23)22(28)27-16(2)21(12-17-7-9-20(24)10-8-17)19-6-4-5-18(11-19)13-25/h4-11,16,21,26H,3,12,14-15H2,1-2H3,(H,27,28)/t16?,21-/m1/s1. The van der Waals surface area contributed by atoms with Gasteiger partial charge in [0.1, 0.15) is 0 Å². The molecule has 1 aliphatic heterocycles. The van der Waals surface area contributed by atoms with Crippen molar-refractivity contribution in [3.05, 3.63) is 70.2 Å². The van der Waals surface area contributed by atoms with Crippen LogP contribution in [0, 0.1) is 16.7 Å². The molecule has 1 fully saturated rings. The number of nitriles is 1. The van der Waals surface area contributed by atoms with Gasteiger partial charge in [0.25, 0.3) is 0 Å². The van der Waals surface area contributed by atoms with Crippen LogP contribution in [0.4, 0.5) is 0 Å². The highest BCUT2D eigenvalue weighted by Gasteiger charge is 2.43. The number of amides is 1. The van der Waals surface area contributed by atoms with Crippen molar-refractivity contribution in [2.45, 2.75) is 38.6 Å². The van der Waals surface area contributed by atoms with Crippen LogP contribution < -0.4 is 10.6 Å². The summed E-state index contributed by atoms with van der Waals surface area (Å²) < 4.78 is 0. The molecule has 146 valence electrons. The zero-order chi connectivity index (χ0) is 20.1. The number of nitrogens with one attached hydrogen (secondary N) is 2. The smallest absolute Gasteiger partial charge is 0.229 e. The highest BCUT2D eigenvalue weighted by atomic mass is 35.5. The number of halogens is 1. The quantitative estimate of drug-likeness (QED) is 0.743. The maximum atomic E-state index is 12.9. The van der Waals surface area contributed by atoms with Crippen molar-refractivity contribution in [2.24, 2.45) is 5.41 Å². The summed E-state index contributed by atoms with van der Waals surface area (Å²) in [5.74, 6) is 0.166. The maximum Gasteiger partial charge on any atom is 0.229 e. The van der Waals surface area contributed by atoms with Gasteiger partial charge >= 0.3 is 0 Å². The fourth-order valence-electron chi connectivity index (χ4n) is 3.75. The number of hydrogen-bond donors (Lipinski definition) is 2. The van der Waals surface area contributed by atoms with Crippen LogP contribution >= 0.6 is 11.6 Å². The van der Waals surface area contributed by atoms with E-state index >= 15 is 0 Å². The normalized spacial score (nSPS) is 17.1. The van der Waals surface area contributed by atoms with Gasteiger partial charge in [-0.05, 0) is 55.2 Å². The van der Waals surface area contributed by atoms with E-state index in [0.717, 1.165) is 37.1 Å². The summed E-state index contributed by atoms with van der Waals surface area (Å²) in [6.45, 7) is 5.57. The molecule has 3 rings (SSSR count). The molecular weight excluding hydrogens is 370 g/mol. The molecule has 0 radical (unpaired) electrons. The second-order valence-electron chi connectivity index (χ2n) is 7.67. The van der Waals surface area contributed by atoms with Crippen molar-refractivity contribution in [3.63, 3.8) is 0 Å². The zero-order valence-electron chi connectivity index (χ0n) is 16.3. The van der Waals surface area contributed by atoms with E-state index in [1.165, 1.54) is 0 Å². The highest BCUT2D eigenvalue weighted by Crippen LogP contribution is 2.30. The van der Waals surface area contributed by atoms with Crippen molar-refractivity contribution in [3.8, 4) is 6.07 Å². The Morgan fingerprint density at radius 1 is 1.29 bits per heavy atom. The van der Waals surface area contributed by atoms with Crippen LogP contribution in [-0.4, -0.2) is 25.0 Å². The van der Waals surface area contributed by atoms with E-state index in [4.69, 9.17) is 11.6 Å². The van der Waals surface area contributed by atoms with Gasteiger partial charge in [-0.1, -0.05) is 42.8 Å². The van der Waals surface area contributed by atoms with Crippen molar-refractivity contribution in [1.29, 1.82) is 5.26 Å². The summed E-state index contributed by atoms with van der Waals surface area (Å²) in [6.07, 6.45) is 1.58. The predicted molar refractivity (Wildman–Crippen MR) is 112 cm³/mol. The molecule has 0 bridgehead atoms. The Labute approximate surface area is 171 Å². The Bertz CT molecular complexity index is 863. The number of rotatable bonds is 7. The van der Waals surface area contributed by atoms with Gasteiger partial charge in [-0.2, -0.15) is 5.26 Å². The molecule has 1 saturated heterocycles. The van der Waals surface area contributed by atoms with Gasteiger partial charge in [-0.3, -0.25) is 4.79 Å². The van der Waals surface area contributed by atoms with Gasteiger partial charge in [0.05, 0.1) is 17.0 Å². The van der Waals surface area contributed by atoms with E-state index in [0.29, 0.717) is 10.6 Å². The maximum absolute atomic E-state index is 12.9. The number of nitrogens with zero attached hydrogens (tertiary/aromatic N) is 1. The van der Waals surface area contributed by atoms with Crippen LogP contribution in [0.5, 0.6) is 0 Å². The van der Waals surface area contributed by atoms with E-state index in [-0.39, 0.29) is 23.3 Å². The molecular formula is C23H26ClN3O. The lowest BCUT2D eigenvalue weighted by molar-refractivity contribution is -0.135. The summed E-state index contributed by atoms with van der Waals surface area (Å²) >= 11 is 6.03. The van der Waals surface area contributed by atoms with Gasteiger partial charge in [0, 0.05) is 30.1 Å². The monoisotopic (exact) mass is 395 g/mol. The van der Waals surface area contributed by atoms with E-state index < -0.39 is 0 Å². The first-order chi connectivity index (χ1) is 13.5. The lowest BCUT2D eigenvalue weighted by Gasteiger charge is -2.41. The van der Waals surface area contributed by atoms with Gasteiger partial charge in [-0.15, -0.1) is 0 Å². The zero-order valence-corrected chi connectivity index (χ0v) is 17.1. The third kappa shape index (κ3) is 4.38. The number of carbonyl (C=O) groups excluding carboxylic acids is 1. The molecule has 0 aromatic heterocycles. The number of carbonyl (C=O) groups is 1. The van der Waals surface area contributed by atoms with Gasteiger partial charge < -0.3 is 10.6 Å². The van der Waals surface area contributed by atoms with E-state index in [1.807, 2.05) is 49.4 Å². The largest absolute Gasteiger partial charge is 0.352 e. The molecule has 1 aliphatic rings. The van der Waals surface area contributed by atoms with Crippen LogP contribution in [0.25, 0.3) is 0 Å². The van der Waals surface area contributed by atoms with E-state index in [9.17, 15) is 10.1 Å².